The number of anilines is 1. The van der Waals surface area contributed by atoms with Crippen LogP contribution in [0.2, 0.25) is 0 Å². The van der Waals surface area contributed by atoms with Crippen LogP contribution in [-0.4, -0.2) is 48.5 Å². The molecule has 0 radical (unpaired) electrons. The van der Waals surface area contributed by atoms with Gasteiger partial charge in [0.05, 0.1) is 11.0 Å². The van der Waals surface area contributed by atoms with E-state index in [0.717, 1.165) is 24.2 Å². The number of piperazine rings is 1. The van der Waals surface area contributed by atoms with Gasteiger partial charge in [0.25, 0.3) is 5.69 Å². The quantitative estimate of drug-likeness (QED) is 0.420. The van der Waals surface area contributed by atoms with Crippen molar-refractivity contribution >= 4 is 17.3 Å². The third-order valence-corrected chi connectivity index (χ3v) is 6.02. The smallest absolute Gasteiger partial charge is 0.292 e. The second-order valence-electron chi connectivity index (χ2n) is 8.15. The zero-order chi connectivity index (χ0) is 23.0. The van der Waals surface area contributed by atoms with E-state index in [4.69, 9.17) is 0 Å². The molecule has 7 nitrogen and oxygen atoms in total. The molecule has 1 amide bonds. The predicted octanol–water partition coefficient (Wildman–Crippen LogP) is 4.01. The molecule has 1 fully saturated rings. The standard InChI is InChI=1S/C26H28N4O3/c31-25(27-26(21-9-3-1-4-10-21)22-11-5-2-6-12-22)15-16-28-17-19-29(20-18-28)23-13-7-8-14-24(23)30(32)33/h1-14,26H,15-20H2,(H,27,31). The SMILES string of the molecule is O=C(CCN1CCN(c2ccccc2[N+](=O)[O-])CC1)NC(c1ccccc1)c1ccccc1. The summed E-state index contributed by atoms with van der Waals surface area (Å²) in [5, 5.41) is 14.5. The second kappa shape index (κ2) is 10.7. The highest BCUT2D eigenvalue weighted by Crippen LogP contribution is 2.28. The minimum atomic E-state index is -0.331. The molecule has 7 heteroatoms. The monoisotopic (exact) mass is 444 g/mol. The van der Waals surface area contributed by atoms with Crippen LogP contribution in [0.1, 0.15) is 23.6 Å². The van der Waals surface area contributed by atoms with E-state index in [1.54, 1.807) is 18.2 Å². The number of hydrogen-bond donors (Lipinski definition) is 1. The Morgan fingerprint density at radius 3 is 1.97 bits per heavy atom. The van der Waals surface area contributed by atoms with Crippen LogP contribution >= 0.6 is 0 Å². The van der Waals surface area contributed by atoms with Crippen molar-refractivity contribution in [1.29, 1.82) is 0 Å². The van der Waals surface area contributed by atoms with Crippen LogP contribution in [0, 0.1) is 10.1 Å². The maximum absolute atomic E-state index is 12.8. The zero-order valence-electron chi connectivity index (χ0n) is 18.5. The molecule has 1 heterocycles. The summed E-state index contributed by atoms with van der Waals surface area (Å²) in [7, 11) is 0. The Balaban J connectivity index is 1.32. The van der Waals surface area contributed by atoms with Gasteiger partial charge in [-0.3, -0.25) is 19.8 Å². The molecule has 0 spiro atoms. The van der Waals surface area contributed by atoms with Crippen molar-refractivity contribution in [2.24, 2.45) is 0 Å². The molecular weight excluding hydrogens is 416 g/mol. The maximum Gasteiger partial charge on any atom is 0.292 e. The lowest BCUT2D eigenvalue weighted by Gasteiger charge is -2.35. The minimum Gasteiger partial charge on any atom is -0.363 e. The van der Waals surface area contributed by atoms with Gasteiger partial charge in [0.2, 0.25) is 5.91 Å². The molecule has 3 aromatic carbocycles. The number of carbonyl (C=O) groups is 1. The topological polar surface area (TPSA) is 78.7 Å². The number of nitrogens with zero attached hydrogens (tertiary/aromatic N) is 3. The first-order valence-electron chi connectivity index (χ1n) is 11.2. The van der Waals surface area contributed by atoms with Crippen molar-refractivity contribution in [3.63, 3.8) is 0 Å². The first kappa shape index (κ1) is 22.5. The van der Waals surface area contributed by atoms with Gasteiger partial charge in [0, 0.05) is 45.2 Å². The number of para-hydroxylation sites is 2. The number of hydrogen-bond acceptors (Lipinski definition) is 5. The van der Waals surface area contributed by atoms with Gasteiger partial charge in [-0.05, 0) is 17.2 Å². The van der Waals surface area contributed by atoms with Crippen LogP contribution < -0.4 is 10.2 Å². The third-order valence-electron chi connectivity index (χ3n) is 6.02. The normalized spacial score (nSPS) is 14.3. The molecule has 0 unspecified atom stereocenters. The summed E-state index contributed by atoms with van der Waals surface area (Å²) >= 11 is 0. The summed E-state index contributed by atoms with van der Waals surface area (Å²) in [5.74, 6) is 0.00818. The van der Waals surface area contributed by atoms with Crippen molar-refractivity contribution in [1.82, 2.24) is 10.2 Å². The fourth-order valence-electron chi connectivity index (χ4n) is 4.24. The van der Waals surface area contributed by atoms with Crippen molar-refractivity contribution in [2.45, 2.75) is 12.5 Å². The summed E-state index contributed by atoms with van der Waals surface area (Å²) in [6.45, 7) is 3.58. The minimum absolute atomic E-state index is 0.00818. The van der Waals surface area contributed by atoms with Crippen LogP contribution in [0.15, 0.2) is 84.9 Å². The molecule has 4 rings (SSSR count). The average molecular weight is 445 g/mol. The third kappa shape index (κ3) is 5.75. The number of benzene rings is 3. The number of nitro groups is 1. The maximum atomic E-state index is 12.8. The van der Waals surface area contributed by atoms with E-state index < -0.39 is 0 Å². The molecule has 1 aliphatic heterocycles. The first-order chi connectivity index (χ1) is 16.1. The van der Waals surface area contributed by atoms with E-state index in [2.05, 4.69) is 15.1 Å². The average Bonchev–Trinajstić information content (AvgIpc) is 2.87. The van der Waals surface area contributed by atoms with Crippen molar-refractivity contribution in [3.8, 4) is 0 Å². The highest BCUT2D eigenvalue weighted by atomic mass is 16.6. The first-order valence-corrected chi connectivity index (χ1v) is 11.2. The largest absolute Gasteiger partial charge is 0.363 e. The molecule has 0 aromatic heterocycles. The number of amides is 1. The molecule has 1 aliphatic rings. The molecule has 0 bridgehead atoms. The van der Waals surface area contributed by atoms with Gasteiger partial charge in [0.15, 0.2) is 0 Å². The summed E-state index contributed by atoms with van der Waals surface area (Å²) in [6, 6.07) is 26.6. The molecule has 0 atom stereocenters. The molecule has 0 aliphatic carbocycles. The number of carbonyl (C=O) groups excluding carboxylic acids is 1. The lowest BCUT2D eigenvalue weighted by molar-refractivity contribution is -0.384. The predicted molar refractivity (Wildman–Crippen MR) is 129 cm³/mol. The van der Waals surface area contributed by atoms with Crippen molar-refractivity contribution < 1.29 is 9.72 Å². The van der Waals surface area contributed by atoms with Gasteiger partial charge in [-0.15, -0.1) is 0 Å². The van der Waals surface area contributed by atoms with E-state index in [9.17, 15) is 14.9 Å². The fraction of sp³-hybridized carbons (Fsp3) is 0.269. The van der Waals surface area contributed by atoms with E-state index in [0.29, 0.717) is 31.7 Å². The van der Waals surface area contributed by atoms with Crippen molar-refractivity contribution in [3.05, 3.63) is 106 Å². The summed E-state index contributed by atoms with van der Waals surface area (Å²) < 4.78 is 0. The van der Waals surface area contributed by atoms with Gasteiger partial charge in [-0.25, -0.2) is 0 Å². The molecule has 3 aromatic rings. The molecule has 170 valence electrons. The lowest BCUT2D eigenvalue weighted by Crippen LogP contribution is -2.47. The second-order valence-corrected chi connectivity index (χ2v) is 8.15. The number of rotatable bonds is 8. The van der Waals surface area contributed by atoms with Gasteiger partial charge in [-0.1, -0.05) is 72.8 Å². The molecule has 33 heavy (non-hydrogen) atoms. The summed E-state index contributed by atoms with van der Waals surface area (Å²) in [5.41, 5.74) is 2.90. The Morgan fingerprint density at radius 1 is 0.848 bits per heavy atom. The fourth-order valence-corrected chi connectivity index (χ4v) is 4.24. The van der Waals surface area contributed by atoms with Crippen LogP contribution in [0.5, 0.6) is 0 Å². The van der Waals surface area contributed by atoms with Crippen molar-refractivity contribution in [2.75, 3.05) is 37.6 Å². The summed E-state index contributed by atoms with van der Waals surface area (Å²) in [4.78, 5) is 28.1. The Morgan fingerprint density at radius 2 is 1.39 bits per heavy atom. The van der Waals surface area contributed by atoms with Crippen LogP contribution in [0.3, 0.4) is 0 Å². The Bertz CT molecular complexity index is 1030. The lowest BCUT2D eigenvalue weighted by atomic mass is 9.98. The highest BCUT2D eigenvalue weighted by molar-refractivity contribution is 5.77. The van der Waals surface area contributed by atoms with E-state index in [1.165, 1.54) is 0 Å². The zero-order valence-corrected chi connectivity index (χ0v) is 18.5. The molecule has 1 saturated heterocycles. The molecule has 0 saturated carbocycles. The number of nitro benzene ring substituents is 1. The van der Waals surface area contributed by atoms with Gasteiger partial charge in [0.1, 0.15) is 5.69 Å². The van der Waals surface area contributed by atoms with Gasteiger partial charge < -0.3 is 10.2 Å². The van der Waals surface area contributed by atoms with Crippen LogP contribution in [0.25, 0.3) is 0 Å². The Kier molecular flexibility index (Phi) is 7.32. The Labute approximate surface area is 193 Å². The van der Waals surface area contributed by atoms with Gasteiger partial charge in [-0.2, -0.15) is 0 Å². The Hall–Kier alpha value is -3.71. The number of nitrogens with one attached hydrogen (secondary N) is 1. The van der Waals surface area contributed by atoms with Gasteiger partial charge >= 0.3 is 0 Å². The molecule has 1 N–H and O–H groups in total. The summed E-state index contributed by atoms with van der Waals surface area (Å²) in [6.07, 6.45) is 0.404. The van der Waals surface area contributed by atoms with Crippen LogP contribution in [0.4, 0.5) is 11.4 Å². The highest BCUT2D eigenvalue weighted by Gasteiger charge is 2.24. The van der Waals surface area contributed by atoms with E-state index in [1.807, 2.05) is 66.7 Å². The molecular formula is C26H28N4O3. The van der Waals surface area contributed by atoms with Crippen LogP contribution in [-0.2, 0) is 4.79 Å². The van der Waals surface area contributed by atoms with E-state index in [-0.39, 0.29) is 22.6 Å². The van der Waals surface area contributed by atoms with E-state index >= 15 is 0 Å².